The van der Waals surface area contributed by atoms with Crippen LogP contribution in [0.2, 0.25) is 0 Å². The van der Waals surface area contributed by atoms with Crippen molar-refractivity contribution < 1.29 is 0 Å². The number of hydrogen-bond acceptors (Lipinski definition) is 3. The van der Waals surface area contributed by atoms with Crippen LogP contribution in [0.25, 0.3) is 44.8 Å². The summed E-state index contributed by atoms with van der Waals surface area (Å²) in [5, 5.41) is 0. The minimum absolute atomic E-state index is 0.840. The van der Waals surface area contributed by atoms with Crippen LogP contribution < -0.4 is 0 Å². The van der Waals surface area contributed by atoms with Crippen LogP contribution in [-0.2, 0) is 6.54 Å². The standard InChI is InChI=1S/C26H24N4/c1-2-3-11-18-30-23-17-10-9-16-22(23)29-26(30)25-24(19-12-5-4-6-13-19)27-20-14-7-8-15-21(20)28-25/h4-10,12-17H,2-3,11,18H2,1H3. The van der Waals surface area contributed by atoms with Crippen molar-refractivity contribution >= 4 is 22.1 Å². The summed E-state index contributed by atoms with van der Waals surface area (Å²) >= 11 is 0. The average molecular weight is 393 g/mol. The summed E-state index contributed by atoms with van der Waals surface area (Å²) in [4.78, 5) is 15.1. The van der Waals surface area contributed by atoms with E-state index >= 15 is 0 Å². The molecular formula is C26H24N4. The number of aromatic nitrogens is 4. The first-order valence-electron chi connectivity index (χ1n) is 10.6. The molecule has 0 saturated heterocycles. The number of imidazole rings is 1. The van der Waals surface area contributed by atoms with E-state index in [-0.39, 0.29) is 0 Å². The maximum absolute atomic E-state index is 5.06. The fourth-order valence-corrected chi connectivity index (χ4v) is 3.96. The van der Waals surface area contributed by atoms with Crippen LogP contribution in [0.5, 0.6) is 0 Å². The second-order valence-electron chi connectivity index (χ2n) is 7.56. The number of para-hydroxylation sites is 4. The molecular weight excluding hydrogens is 368 g/mol. The minimum Gasteiger partial charge on any atom is -0.323 e. The van der Waals surface area contributed by atoms with Gasteiger partial charge in [0.25, 0.3) is 0 Å². The second kappa shape index (κ2) is 8.07. The predicted octanol–water partition coefficient (Wildman–Crippen LogP) is 6.50. The lowest BCUT2D eigenvalue weighted by molar-refractivity contribution is 0.617. The average Bonchev–Trinajstić information content (AvgIpc) is 3.17. The second-order valence-corrected chi connectivity index (χ2v) is 7.56. The van der Waals surface area contributed by atoms with Crippen molar-refractivity contribution in [3.05, 3.63) is 78.9 Å². The van der Waals surface area contributed by atoms with Gasteiger partial charge in [-0.3, -0.25) is 0 Å². The molecule has 0 fully saturated rings. The van der Waals surface area contributed by atoms with Gasteiger partial charge in [-0.15, -0.1) is 0 Å². The van der Waals surface area contributed by atoms with E-state index in [9.17, 15) is 0 Å². The summed E-state index contributed by atoms with van der Waals surface area (Å²) in [6, 6.07) is 26.7. The van der Waals surface area contributed by atoms with Gasteiger partial charge in [0.15, 0.2) is 5.82 Å². The van der Waals surface area contributed by atoms with E-state index in [1.54, 1.807) is 0 Å². The van der Waals surface area contributed by atoms with Gasteiger partial charge in [0.2, 0.25) is 0 Å². The SMILES string of the molecule is CCCCCn1c(-c2nc3ccccc3nc2-c2ccccc2)nc2ccccc21. The van der Waals surface area contributed by atoms with E-state index < -0.39 is 0 Å². The fourth-order valence-electron chi connectivity index (χ4n) is 3.96. The zero-order valence-electron chi connectivity index (χ0n) is 17.1. The van der Waals surface area contributed by atoms with Crippen molar-refractivity contribution in [1.29, 1.82) is 0 Å². The van der Waals surface area contributed by atoms with Crippen LogP contribution in [0.1, 0.15) is 26.2 Å². The largest absolute Gasteiger partial charge is 0.323 e. The lowest BCUT2D eigenvalue weighted by Gasteiger charge is -2.13. The van der Waals surface area contributed by atoms with Crippen LogP contribution in [0.4, 0.5) is 0 Å². The Balaban J connectivity index is 1.78. The van der Waals surface area contributed by atoms with Crippen molar-refractivity contribution in [2.75, 3.05) is 0 Å². The Kier molecular flexibility index (Phi) is 4.98. The number of hydrogen-bond donors (Lipinski definition) is 0. The van der Waals surface area contributed by atoms with E-state index in [0.717, 1.165) is 57.8 Å². The molecule has 0 aliphatic heterocycles. The molecule has 2 heterocycles. The molecule has 0 radical (unpaired) electrons. The van der Waals surface area contributed by atoms with E-state index in [2.05, 4.69) is 41.8 Å². The molecule has 148 valence electrons. The van der Waals surface area contributed by atoms with Gasteiger partial charge in [0, 0.05) is 12.1 Å². The Morgan fingerprint density at radius 1 is 0.633 bits per heavy atom. The number of unbranched alkanes of at least 4 members (excludes halogenated alkanes) is 2. The van der Waals surface area contributed by atoms with Crippen molar-refractivity contribution in [2.24, 2.45) is 0 Å². The van der Waals surface area contributed by atoms with Crippen molar-refractivity contribution in [2.45, 2.75) is 32.7 Å². The molecule has 0 amide bonds. The molecule has 0 unspecified atom stereocenters. The Hall–Kier alpha value is -3.53. The van der Waals surface area contributed by atoms with Gasteiger partial charge >= 0.3 is 0 Å². The number of benzene rings is 3. The molecule has 4 nitrogen and oxygen atoms in total. The predicted molar refractivity (Wildman–Crippen MR) is 123 cm³/mol. The van der Waals surface area contributed by atoms with Crippen molar-refractivity contribution in [1.82, 2.24) is 19.5 Å². The third-order valence-electron chi connectivity index (χ3n) is 5.47. The molecule has 0 spiro atoms. The summed E-state index contributed by atoms with van der Waals surface area (Å²) in [7, 11) is 0. The Morgan fingerprint density at radius 2 is 1.27 bits per heavy atom. The van der Waals surface area contributed by atoms with Crippen molar-refractivity contribution in [3.8, 4) is 22.8 Å². The van der Waals surface area contributed by atoms with Gasteiger partial charge in [0.1, 0.15) is 11.4 Å². The molecule has 30 heavy (non-hydrogen) atoms. The Bertz CT molecular complexity index is 1300. The lowest BCUT2D eigenvalue weighted by atomic mass is 10.1. The molecule has 3 aromatic carbocycles. The van der Waals surface area contributed by atoms with Gasteiger partial charge in [-0.05, 0) is 30.7 Å². The number of rotatable bonds is 6. The van der Waals surface area contributed by atoms with Gasteiger partial charge in [-0.2, -0.15) is 0 Å². The molecule has 0 atom stereocenters. The van der Waals surface area contributed by atoms with Gasteiger partial charge < -0.3 is 4.57 Å². The molecule has 0 bridgehead atoms. The number of nitrogens with zero attached hydrogens (tertiary/aromatic N) is 4. The lowest BCUT2D eigenvalue weighted by Crippen LogP contribution is -2.04. The molecule has 0 aliphatic carbocycles. The first-order valence-corrected chi connectivity index (χ1v) is 10.6. The summed E-state index contributed by atoms with van der Waals surface area (Å²) < 4.78 is 2.32. The van der Waals surface area contributed by atoms with E-state index in [1.807, 2.05) is 48.5 Å². The monoisotopic (exact) mass is 392 g/mol. The highest BCUT2D eigenvalue weighted by molar-refractivity contribution is 5.88. The highest BCUT2D eigenvalue weighted by Crippen LogP contribution is 2.32. The first kappa shape index (κ1) is 18.5. The summed E-state index contributed by atoms with van der Waals surface area (Å²) in [6.07, 6.45) is 3.50. The zero-order valence-corrected chi connectivity index (χ0v) is 17.1. The summed E-state index contributed by atoms with van der Waals surface area (Å²) in [5.74, 6) is 0.893. The van der Waals surface area contributed by atoms with Gasteiger partial charge in [-0.1, -0.05) is 74.4 Å². The zero-order chi connectivity index (χ0) is 20.3. The maximum atomic E-state index is 5.06. The maximum Gasteiger partial charge on any atom is 0.162 e. The van der Waals surface area contributed by atoms with Crippen LogP contribution >= 0.6 is 0 Å². The number of aryl methyl sites for hydroxylation is 1. The molecule has 5 aromatic rings. The van der Waals surface area contributed by atoms with E-state index in [4.69, 9.17) is 15.0 Å². The number of fused-ring (bicyclic) bond motifs is 2. The summed E-state index contributed by atoms with van der Waals surface area (Å²) in [5.41, 5.74) is 6.70. The van der Waals surface area contributed by atoms with Crippen LogP contribution in [0.3, 0.4) is 0 Å². The highest BCUT2D eigenvalue weighted by Gasteiger charge is 2.20. The molecule has 0 N–H and O–H groups in total. The van der Waals surface area contributed by atoms with Crippen molar-refractivity contribution in [3.63, 3.8) is 0 Å². The third-order valence-corrected chi connectivity index (χ3v) is 5.47. The molecule has 5 rings (SSSR count). The van der Waals surface area contributed by atoms with E-state index in [0.29, 0.717) is 0 Å². The van der Waals surface area contributed by atoms with Crippen LogP contribution in [0, 0.1) is 0 Å². The Labute approximate surface area is 176 Å². The Morgan fingerprint density at radius 3 is 2.00 bits per heavy atom. The van der Waals surface area contributed by atoms with Crippen LogP contribution in [0.15, 0.2) is 78.9 Å². The fraction of sp³-hybridized carbons (Fsp3) is 0.192. The third kappa shape index (κ3) is 3.35. The summed E-state index contributed by atoms with van der Waals surface area (Å²) in [6.45, 7) is 3.15. The van der Waals surface area contributed by atoms with Gasteiger partial charge in [0.05, 0.1) is 22.1 Å². The quantitative estimate of drug-likeness (QED) is 0.310. The van der Waals surface area contributed by atoms with Gasteiger partial charge in [-0.25, -0.2) is 15.0 Å². The smallest absolute Gasteiger partial charge is 0.162 e. The molecule has 2 aromatic heterocycles. The van der Waals surface area contributed by atoms with Crippen LogP contribution in [-0.4, -0.2) is 19.5 Å². The highest BCUT2D eigenvalue weighted by atomic mass is 15.1. The molecule has 4 heteroatoms. The first-order chi connectivity index (χ1) is 14.8. The molecule has 0 saturated carbocycles. The topological polar surface area (TPSA) is 43.6 Å². The normalized spacial score (nSPS) is 11.4. The molecule has 0 aliphatic rings. The minimum atomic E-state index is 0.840. The van der Waals surface area contributed by atoms with E-state index in [1.165, 1.54) is 12.8 Å².